The Morgan fingerprint density at radius 3 is 2.24 bits per heavy atom. The van der Waals surface area contributed by atoms with Gasteiger partial charge in [-0.3, -0.25) is 9.78 Å². The largest absolute Gasteiger partial charge is 0.489 e. The number of alkyl carbamates (subject to hydrolysis) is 1. The zero-order valence-electron chi connectivity index (χ0n) is 20.2. The van der Waals surface area contributed by atoms with E-state index >= 15 is 0 Å². The van der Waals surface area contributed by atoms with Crippen LogP contribution in [0.5, 0.6) is 5.75 Å². The second-order valence-electron chi connectivity index (χ2n) is 8.25. The second-order valence-corrected chi connectivity index (χ2v) is 8.25. The van der Waals surface area contributed by atoms with Crippen molar-refractivity contribution < 1.29 is 19.1 Å². The molecule has 0 aliphatic rings. The third-order valence-electron chi connectivity index (χ3n) is 5.54. The highest BCUT2D eigenvalue weighted by molar-refractivity contribution is 5.97. The summed E-state index contributed by atoms with van der Waals surface area (Å²) in [5.41, 5.74) is 9.57. The molecule has 0 unspecified atom stereocenters. The highest BCUT2D eigenvalue weighted by Gasteiger charge is 2.24. The van der Waals surface area contributed by atoms with E-state index in [1.807, 2.05) is 54.6 Å². The highest BCUT2D eigenvalue weighted by atomic mass is 16.5. The van der Waals surface area contributed by atoms with Gasteiger partial charge in [-0.15, -0.1) is 0 Å². The predicted molar refractivity (Wildman–Crippen MR) is 140 cm³/mol. The molecule has 3 aromatic carbocycles. The molecule has 0 radical (unpaired) electrons. The Morgan fingerprint density at radius 2 is 1.51 bits per heavy atom. The van der Waals surface area contributed by atoms with Crippen LogP contribution in [0.3, 0.4) is 0 Å². The Kier molecular flexibility index (Phi) is 8.82. The Balaban J connectivity index is 1.46. The van der Waals surface area contributed by atoms with Gasteiger partial charge < -0.3 is 25.8 Å². The number of hydrogen-bond acceptors (Lipinski definition) is 6. The predicted octanol–water partition coefficient (Wildman–Crippen LogP) is 4.73. The van der Waals surface area contributed by atoms with E-state index in [-0.39, 0.29) is 6.61 Å². The zero-order valence-corrected chi connectivity index (χ0v) is 20.2. The van der Waals surface area contributed by atoms with Crippen molar-refractivity contribution in [2.45, 2.75) is 25.8 Å². The second kappa shape index (κ2) is 12.9. The van der Waals surface area contributed by atoms with E-state index in [1.165, 1.54) is 0 Å². The molecular formula is C29H28N4O4. The van der Waals surface area contributed by atoms with Crippen LogP contribution in [0.4, 0.5) is 10.5 Å². The lowest BCUT2D eigenvalue weighted by Crippen LogP contribution is -2.37. The fourth-order valence-electron chi connectivity index (χ4n) is 3.58. The van der Waals surface area contributed by atoms with E-state index in [0.29, 0.717) is 30.2 Å². The van der Waals surface area contributed by atoms with Gasteiger partial charge in [0.2, 0.25) is 0 Å². The third-order valence-corrected chi connectivity index (χ3v) is 5.54. The summed E-state index contributed by atoms with van der Waals surface area (Å²) in [5.74, 6) is 0.207. The van der Waals surface area contributed by atoms with Crippen molar-refractivity contribution in [1.82, 2.24) is 10.3 Å². The van der Waals surface area contributed by atoms with Gasteiger partial charge in [-0.25, -0.2) is 4.79 Å². The van der Waals surface area contributed by atoms with E-state index in [9.17, 15) is 9.59 Å². The van der Waals surface area contributed by atoms with Crippen LogP contribution in [0.15, 0.2) is 103 Å². The lowest BCUT2D eigenvalue weighted by atomic mass is 10.1. The summed E-state index contributed by atoms with van der Waals surface area (Å²) in [7, 11) is 0. The monoisotopic (exact) mass is 496 g/mol. The molecule has 2 amide bonds. The van der Waals surface area contributed by atoms with E-state index in [4.69, 9.17) is 15.2 Å². The molecule has 0 aliphatic carbocycles. The smallest absolute Gasteiger partial charge is 0.408 e. The molecule has 4 rings (SSSR count). The molecule has 1 heterocycles. The first kappa shape index (κ1) is 25.4. The van der Waals surface area contributed by atoms with Gasteiger partial charge in [0.1, 0.15) is 25.0 Å². The number of aromatic nitrogens is 1. The summed E-state index contributed by atoms with van der Waals surface area (Å²) in [6, 6.07) is 26.3. The number of anilines is 1. The van der Waals surface area contributed by atoms with E-state index in [2.05, 4.69) is 15.6 Å². The van der Waals surface area contributed by atoms with Gasteiger partial charge in [-0.2, -0.15) is 0 Å². The zero-order chi connectivity index (χ0) is 25.9. The maximum Gasteiger partial charge on any atom is 0.408 e. The SMILES string of the molecule is NCc1cccc(NC(=O)[C@@H](NC(=O)OCc2ccccc2)c2ccc(OCc3ccncc3)cc2)c1. The minimum absolute atomic E-state index is 0.0847. The number of carbonyl (C=O) groups is 2. The summed E-state index contributed by atoms with van der Waals surface area (Å²) >= 11 is 0. The van der Waals surface area contributed by atoms with Gasteiger partial charge >= 0.3 is 6.09 Å². The molecule has 0 bridgehead atoms. The standard InChI is InChI=1S/C29H28N4O4/c30-18-23-7-4-8-25(17-23)32-28(34)27(33-29(35)37-20-21-5-2-1-3-6-21)24-9-11-26(12-10-24)36-19-22-13-15-31-16-14-22/h1-17,27H,18-20,30H2,(H,32,34)(H,33,35)/t27-/m0/s1. The molecule has 0 saturated heterocycles. The minimum Gasteiger partial charge on any atom is -0.489 e. The average Bonchev–Trinajstić information content (AvgIpc) is 2.95. The highest BCUT2D eigenvalue weighted by Crippen LogP contribution is 2.21. The molecule has 37 heavy (non-hydrogen) atoms. The number of nitrogens with one attached hydrogen (secondary N) is 2. The number of nitrogens with two attached hydrogens (primary N) is 1. The van der Waals surface area contributed by atoms with Gasteiger partial charge in [0.15, 0.2) is 0 Å². The van der Waals surface area contributed by atoms with Gasteiger partial charge in [0, 0.05) is 24.6 Å². The topological polar surface area (TPSA) is 116 Å². The maximum absolute atomic E-state index is 13.3. The average molecular weight is 497 g/mol. The number of nitrogens with zero attached hydrogens (tertiary/aromatic N) is 1. The number of hydrogen-bond donors (Lipinski definition) is 3. The number of rotatable bonds is 10. The van der Waals surface area contributed by atoms with E-state index in [0.717, 1.165) is 16.7 Å². The lowest BCUT2D eigenvalue weighted by Gasteiger charge is -2.19. The molecule has 1 atom stereocenters. The molecule has 188 valence electrons. The Hall–Kier alpha value is -4.69. The summed E-state index contributed by atoms with van der Waals surface area (Å²) in [6.45, 7) is 0.812. The minimum atomic E-state index is -1.00. The molecule has 0 saturated carbocycles. The first-order valence-corrected chi connectivity index (χ1v) is 11.8. The number of amides is 2. The normalized spacial score (nSPS) is 11.3. The fraction of sp³-hybridized carbons (Fsp3) is 0.138. The van der Waals surface area contributed by atoms with Crippen LogP contribution in [-0.4, -0.2) is 17.0 Å². The Labute approximate surface area is 215 Å². The quantitative estimate of drug-likeness (QED) is 0.292. The van der Waals surface area contributed by atoms with E-state index < -0.39 is 18.0 Å². The summed E-state index contributed by atoms with van der Waals surface area (Å²) in [5, 5.41) is 5.54. The van der Waals surface area contributed by atoms with Crippen LogP contribution in [0.1, 0.15) is 28.3 Å². The third kappa shape index (κ3) is 7.65. The van der Waals surface area contributed by atoms with Crippen molar-refractivity contribution in [2.75, 3.05) is 5.32 Å². The van der Waals surface area contributed by atoms with Gasteiger partial charge in [0.25, 0.3) is 5.91 Å². The van der Waals surface area contributed by atoms with Crippen LogP contribution >= 0.6 is 0 Å². The van der Waals surface area contributed by atoms with Crippen molar-refractivity contribution in [3.8, 4) is 5.75 Å². The maximum atomic E-state index is 13.3. The summed E-state index contributed by atoms with van der Waals surface area (Å²) in [6.07, 6.45) is 2.70. The molecule has 0 aliphatic heterocycles. The first-order chi connectivity index (χ1) is 18.1. The van der Waals surface area contributed by atoms with Gasteiger partial charge in [0.05, 0.1) is 0 Å². The van der Waals surface area contributed by atoms with Crippen molar-refractivity contribution in [3.63, 3.8) is 0 Å². The van der Waals surface area contributed by atoms with E-state index in [1.54, 1.807) is 48.8 Å². The first-order valence-electron chi connectivity index (χ1n) is 11.8. The molecule has 0 spiro atoms. The van der Waals surface area contributed by atoms with Gasteiger partial charge in [-0.1, -0.05) is 54.6 Å². The lowest BCUT2D eigenvalue weighted by molar-refractivity contribution is -0.118. The number of carbonyl (C=O) groups excluding carboxylic acids is 2. The Bertz CT molecular complexity index is 1300. The number of benzene rings is 3. The van der Waals surface area contributed by atoms with Crippen LogP contribution in [0.25, 0.3) is 0 Å². The molecule has 8 nitrogen and oxygen atoms in total. The van der Waals surface area contributed by atoms with Crippen LogP contribution in [0.2, 0.25) is 0 Å². The summed E-state index contributed by atoms with van der Waals surface area (Å²) in [4.78, 5) is 29.9. The number of ether oxygens (including phenoxy) is 2. The van der Waals surface area contributed by atoms with Crippen molar-refractivity contribution >= 4 is 17.7 Å². The molecular weight excluding hydrogens is 468 g/mol. The molecule has 4 N–H and O–H groups in total. The molecule has 4 aromatic rings. The molecule has 0 fully saturated rings. The van der Waals surface area contributed by atoms with Crippen molar-refractivity contribution in [1.29, 1.82) is 0 Å². The van der Waals surface area contributed by atoms with Crippen LogP contribution < -0.4 is 21.1 Å². The van der Waals surface area contributed by atoms with Crippen LogP contribution in [0, 0.1) is 0 Å². The Morgan fingerprint density at radius 1 is 0.811 bits per heavy atom. The number of pyridine rings is 1. The molecule has 1 aromatic heterocycles. The van der Waals surface area contributed by atoms with Gasteiger partial charge in [-0.05, 0) is 58.7 Å². The molecule has 8 heteroatoms. The van der Waals surface area contributed by atoms with Crippen molar-refractivity contribution in [2.24, 2.45) is 5.73 Å². The fourth-order valence-corrected chi connectivity index (χ4v) is 3.58. The summed E-state index contributed by atoms with van der Waals surface area (Å²) < 4.78 is 11.2. The van der Waals surface area contributed by atoms with Crippen molar-refractivity contribution in [3.05, 3.63) is 126 Å². The van der Waals surface area contributed by atoms with Crippen LogP contribution in [-0.2, 0) is 29.3 Å².